The number of carbonyl (C=O) groups is 1. The molecular weight excluding hydrogens is 354 g/mol. The monoisotopic (exact) mass is 363 g/mol. The largest absolute Gasteiger partial charge is 0.399 e. The van der Waals surface area contributed by atoms with Crippen molar-refractivity contribution in [3.63, 3.8) is 0 Å². The lowest BCUT2D eigenvalue weighted by molar-refractivity contribution is 0.0949. The molecule has 0 aliphatic heterocycles. The van der Waals surface area contributed by atoms with Gasteiger partial charge in [-0.2, -0.15) is 9.78 Å². The van der Waals surface area contributed by atoms with E-state index >= 15 is 0 Å². The van der Waals surface area contributed by atoms with Crippen molar-refractivity contribution < 1.29 is 4.79 Å². The average Bonchev–Trinajstić information content (AvgIpc) is 2.75. The van der Waals surface area contributed by atoms with E-state index in [0.717, 1.165) is 10.9 Å². The minimum atomic E-state index is -0.278. The normalized spacial score (nSPS) is 11.0. The number of hydrogen-bond acceptors (Lipinski definition) is 3. The molecule has 6 heteroatoms. The zero-order chi connectivity index (χ0) is 15.1. The number of nitrogens with two attached hydrogens (primary N) is 1. The van der Waals surface area contributed by atoms with Crippen LogP contribution in [-0.2, 0) is 0 Å². The molecule has 2 N–H and O–H groups in total. The second kappa shape index (κ2) is 5.16. The zero-order valence-corrected chi connectivity index (χ0v) is 13.4. The van der Waals surface area contributed by atoms with Gasteiger partial charge in [0.25, 0.3) is 5.91 Å². The molecule has 0 saturated heterocycles. The van der Waals surface area contributed by atoms with Crippen LogP contribution in [0.15, 0.2) is 41.0 Å². The second-order valence-corrected chi connectivity index (χ2v) is 5.87. The lowest BCUT2D eigenvalue weighted by Crippen LogP contribution is -2.15. The number of anilines is 1. The molecule has 106 valence electrons. The summed E-state index contributed by atoms with van der Waals surface area (Å²) in [6, 6.07) is 10.7. The quantitative estimate of drug-likeness (QED) is 0.663. The number of carbonyl (C=O) groups excluding carboxylic acids is 1. The van der Waals surface area contributed by atoms with Crippen LogP contribution < -0.4 is 5.73 Å². The van der Waals surface area contributed by atoms with Crippen LogP contribution in [0.2, 0.25) is 5.02 Å². The minimum absolute atomic E-state index is 0.278. The molecule has 0 fully saturated rings. The van der Waals surface area contributed by atoms with Gasteiger partial charge in [0.1, 0.15) is 4.60 Å². The molecule has 0 amide bonds. The molecule has 4 nitrogen and oxygen atoms in total. The SMILES string of the molecule is Cc1cccc(Cl)c1C(=O)n1nc(Br)c2ccc(N)cc21. The summed E-state index contributed by atoms with van der Waals surface area (Å²) in [5.41, 5.74) is 8.27. The molecular formula is C15H11BrClN3O. The van der Waals surface area contributed by atoms with Gasteiger partial charge >= 0.3 is 0 Å². The Labute approximate surface area is 134 Å². The highest BCUT2D eigenvalue weighted by atomic mass is 79.9. The lowest BCUT2D eigenvalue weighted by atomic mass is 10.1. The molecule has 1 aromatic heterocycles. The van der Waals surface area contributed by atoms with Gasteiger partial charge in [0.2, 0.25) is 0 Å². The number of rotatable bonds is 1. The molecule has 21 heavy (non-hydrogen) atoms. The number of aromatic nitrogens is 2. The van der Waals surface area contributed by atoms with Gasteiger partial charge in [-0.05, 0) is 52.7 Å². The topological polar surface area (TPSA) is 60.9 Å². The summed E-state index contributed by atoms with van der Waals surface area (Å²) in [5.74, 6) is -0.278. The predicted molar refractivity (Wildman–Crippen MR) is 87.8 cm³/mol. The van der Waals surface area contributed by atoms with E-state index in [4.69, 9.17) is 17.3 Å². The fraction of sp³-hybridized carbons (Fsp3) is 0.0667. The average molecular weight is 365 g/mol. The summed E-state index contributed by atoms with van der Waals surface area (Å²) in [6.07, 6.45) is 0. The zero-order valence-electron chi connectivity index (χ0n) is 11.1. The third kappa shape index (κ3) is 2.32. The molecule has 0 aliphatic rings. The number of hydrogen-bond donors (Lipinski definition) is 1. The molecule has 0 aliphatic carbocycles. The predicted octanol–water partition coefficient (Wildman–Crippen LogP) is 4.03. The van der Waals surface area contributed by atoms with Crippen molar-refractivity contribution in [3.8, 4) is 0 Å². The van der Waals surface area contributed by atoms with Gasteiger partial charge in [0.15, 0.2) is 0 Å². The third-order valence-corrected chi connectivity index (χ3v) is 4.19. The molecule has 0 radical (unpaired) electrons. The summed E-state index contributed by atoms with van der Waals surface area (Å²) in [7, 11) is 0. The van der Waals surface area contributed by atoms with E-state index in [1.165, 1.54) is 4.68 Å². The number of nitrogens with zero attached hydrogens (tertiary/aromatic N) is 2. The Balaban J connectivity index is 2.25. The van der Waals surface area contributed by atoms with E-state index in [0.29, 0.717) is 26.4 Å². The van der Waals surface area contributed by atoms with E-state index in [2.05, 4.69) is 21.0 Å². The molecule has 3 rings (SSSR count). The fourth-order valence-electron chi connectivity index (χ4n) is 2.26. The van der Waals surface area contributed by atoms with Crippen LogP contribution in [0.1, 0.15) is 15.9 Å². The van der Waals surface area contributed by atoms with Crippen molar-refractivity contribution in [3.05, 3.63) is 57.2 Å². The van der Waals surface area contributed by atoms with Gasteiger partial charge < -0.3 is 5.73 Å². The Morgan fingerprint density at radius 2 is 2.10 bits per heavy atom. The van der Waals surface area contributed by atoms with Crippen LogP contribution in [0, 0.1) is 6.92 Å². The summed E-state index contributed by atoms with van der Waals surface area (Å²) in [5, 5.41) is 5.49. The van der Waals surface area contributed by atoms with Crippen molar-refractivity contribution in [2.45, 2.75) is 6.92 Å². The molecule has 1 heterocycles. The first-order chi connectivity index (χ1) is 9.99. The number of fused-ring (bicyclic) bond motifs is 1. The molecule has 2 aromatic carbocycles. The van der Waals surface area contributed by atoms with Gasteiger partial charge in [-0.25, -0.2) is 0 Å². The van der Waals surface area contributed by atoms with Gasteiger partial charge in [-0.15, -0.1) is 0 Å². The Hall–Kier alpha value is -1.85. The smallest absolute Gasteiger partial charge is 0.280 e. The Bertz CT molecular complexity index is 852. The highest BCUT2D eigenvalue weighted by Gasteiger charge is 2.20. The number of nitrogen functional groups attached to an aromatic ring is 1. The fourth-order valence-corrected chi connectivity index (χ4v) is 3.05. The maximum Gasteiger partial charge on any atom is 0.280 e. The number of benzene rings is 2. The van der Waals surface area contributed by atoms with Crippen molar-refractivity contribution in [1.82, 2.24) is 9.78 Å². The van der Waals surface area contributed by atoms with E-state index < -0.39 is 0 Å². The molecule has 0 bridgehead atoms. The van der Waals surface area contributed by atoms with Crippen molar-refractivity contribution in [2.75, 3.05) is 5.73 Å². The van der Waals surface area contributed by atoms with Crippen molar-refractivity contribution in [1.29, 1.82) is 0 Å². The number of halogens is 2. The number of aryl methyl sites for hydroxylation is 1. The van der Waals surface area contributed by atoms with Crippen molar-refractivity contribution in [2.24, 2.45) is 0 Å². The maximum absolute atomic E-state index is 12.8. The van der Waals surface area contributed by atoms with Crippen LogP contribution in [0.5, 0.6) is 0 Å². The van der Waals surface area contributed by atoms with E-state index in [1.807, 2.05) is 25.1 Å². The third-order valence-electron chi connectivity index (χ3n) is 3.29. The van der Waals surface area contributed by atoms with Crippen LogP contribution >= 0.6 is 27.5 Å². The Kier molecular flexibility index (Phi) is 3.47. The van der Waals surface area contributed by atoms with Crippen LogP contribution in [0.3, 0.4) is 0 Å². The second-order valence-electron chi connectivity index (χ2n) is 4.72. The molecule has 0 saturated carbocycles. The first-order valence-corrected chi connectivity index (χ1v) is 7.39. The maximum atomic E-state index is 12.8. The molecule has 3 aromatic rings. The molecule has 0 unspecified atom stereocenters. The highest BCUT2D eigenvalue weighted by molar-refractivity contribution is 9.10. The van der Waals surface area contributed by atoms with Crippen LogP contribution in [0.4, 0.5) is 5.69 Å². The first kappa shape index (κ1) is 14.1. The van der Waals surface area contributed by atoms with Crippen LogP contribution in [0.25, 0.3) is 10.9 Å². The van der Waals surface area contributed by atoms with Gasteiger partial charge in [-0.1, -0.05) is 23.7 Å². The van der Waals surface area contributed by atoms with Gasteiger partial charge in [0, 0.05) is 11.1 Å². The molecule has 0 spiro atoms. The van der Waals surface area contributed by atoms with Crippen molar-refractivity contribution >= 4 is 50.0 Å². The van der Waals surface area contributed by atoms with Gasteiger partial charge in [0.05, 0.1) is 16.1 Å². The Morgan fingerprint density at radius 3 is 2.81 bits per heavy atom. The summed E-state index contributed by atoms with van der Waals surface area (Å²) in [6.45, 7) is 1.84. The van der Waals surface area contributed by atoms with E-state index in [-0.39, 0.29) is 5.91 Å². The van der Waals surface area contributed by atoms with Gasteiger partial charge in [-0.3, -0.25) is 4.79 Å². The lowest BCUT2D eigenvalue weighted by Gasteiger charge is -2.08. The first-order valence-electron chi connectivity index (χ1n) is 6.22. The Morgan fingerprint density at radius 1 is 1.33 bits per heavy atom. The summed E-state index contributed by atoms with van der Waals surface area (Å²) < 4.78 is 1.92. The minimum Gasteiger partial charge on any atom is -0.399 e. The van der Waals surface area contributed by atoms with Crippen LogP contribution in [-0.4, -0.2) is 15.7 Å². The molecule has 0 atom stereocenters. The highest BCUT2D eigenvalue weighted by Crippen LogP contribution is 2.28. The van der Waals surface area contributed by atoms with E-state index in [9.17, 15) is 4.79 Å². The summed E-state index contributed by atoms with van der Waals surface area (Å²) in [4.78, 5) is 12.8. The standard InChI is InChI=1S/C15H11BrClN3O/c1-8-3-2-4-11(17)13(8)15(21)20-12-7-9(18)5-6-10(12)14(16)19-20/h2-7H,18H2,1H3. The van der Waals surface area contributed by atoms with E-state index in [1.54, 1.807) is 18.2 Å². The summed E-state index contributed by atoms with van der Waals surface area (Å²) >= 11 is 9.53.